The van der Waals surface area contributed by atoms with Gasteiger partial charge in [0.2, 0.25) is 5.91 Å². The van der Waals surface area contributed by atoms with E-state index in [4.69, 9.17) is 4.74 Å². The summed E-state index contributed by atoms with van der Waals surface area (Å²) >= 11 is 0. The molecule has 6 heteroatoms. The first-order valence-electron chi connectivity index (χ1n) is 8.08. The van der Waals surface area contributed by atoms with Gasteiger partial charge in [0.15, 0.2) is 5.82 Å². The maximum atomic E-state index is 12.4. The molecule has 0 aliphatic carbocycles. The molecule has 3 aromatic rings. The largest absolute Gasteiger partial charge is 0.508 e. The number of phenolic OH excluding ortho intramolecular Hbond substituents is 1. The van der Waals surface area contributed by atoms with E-state index in [0.717, 1.165) is 17.0 Å². The highest BCUT2D eigenvalue weighted by Gasteiger charge is 2.09. The zero-order valence-electron chi connectivity index (χ0n) is 14.3. The molecule has 1 aromatic heterocycles. The predicted molar refractivity (Wildman–Crippen MR) is 101 cm³/mol. The fourth-order valence-electron chi connectivity index (χ4n) is 2.41. The molecular formula is C20H19N3O3. The van der Waals surface area contributed by atoms with Gasteiger partial charge in [0.1, 0.15) is 11.5 Å². The Bertz CT molecular complexity index is 878. The number of hydrogen-bond acceptors (Lipinski definition) is 5. The van der Waals surface area contributed by atoms with Gasteiger partial charge < -0.3 is 20.5 Å². The summed E-state index contributed by atoms with van der Waals surface area (Å²) in [6.45, 7) is 0. The van der Waals surface area contributed by atoms with Gasteiger partial charge in [0.05, 0.1) is 19.2 Å². The number of pyridine rings is 1. The number of rotatable bonds is 6. The van der Waals surface area contributed by atoms with E-state index >= 15 is 0 Å². The second-order valence-electron chi connectivity index (χ2n) is 5.64. The number of benzene rings is 2. The SMILES string of the molecule is COc1ccc(CC(=O)Nc2cccnc2Nc2ccc(O)cc2)cc1. The van der Waals surface area contributed by atoms with E-state index in [-0.39, 0.29) is 18.1 Å². The molecule has 132 valence electrons. The summed E-state index contributed by atoms with van der Waals surface area (Å²) in [6, 6.07) is 17.5. The van der Waals surface area contributed by atoms with Crippen molar-refractivity contribution in [3.05, 3.63) is 72.4 Å². The van der Waals surface area contributed by atoms with Crippen LogP contribution < -0.4 is 15.4 Å². The zero-order chi connectivity index (χ0) is 18.4. The Morgan fingerprint density at radius 2 is 1.81 bits per heavy atom. The number of aromatic hydroxyl groups is 1. The summed E-state index contributed by atoms with van der Waals surface area (Å²) in [5, 5.41) is 15.4. The molecule has 0 radical (unpaired) electrons. The molecule has 0 atom stereocenters. The molecule has 0 aliphatic heterocycles. The van der Waals surface area contributed by atoms with Crippen molar-refractivity contribution in [1.82, 2.24) is 4.98 Å². The molecule has 0 saturated carbocycles. The number of nitrogens with zero attached hydrogens (tertiary/aromatic N) is 1. The van der Waals surface area contributed by atoms with Crippen molar-refractivity contribution >= 4 is 23.1 Å². The topological polar surface area (TPSA) is 83.5 Å². The minimum atomic E-state index is -0.142. The van der Waals surface area contributed by atoms with Crippen LogP contribution in [0.4, 0.5) is 17.2 Å². The van der Waals surface area contributed by atoms with Crippen LogP contribution in [-0.2, 0) is 11.2 Å². The van der Waals surface area contributed by atoms with Crippen LogP contribution in [0.3, 0.4) is 0 Å². The lowest BCUT2D eigenvalue weighted by molar-refractivity contribution is -0.115. The molecule has 0 fully saturated rings. The zero-order valence-corrected chi connectivity index (χ0v) is 14.3. The van der Waals surface area contributed by atoms with Crippen molar-refractivity contribution in [1.29, 1.82) is 0 Å². The van der Waals surface area contributed by atoms with Gasteiger partial charge in [-0.2, -0.15) is 0 Å². The number of anilines is 3. The average molecular weight is 349 g/mol. The van der Waals surface area contributed by atoms with Gasteiger partial charge in [-0.3, -0.25) is 4.79 Å². The third-order valence-corrected chi connectivity index (χ3v) is 3.74. The Kier molecular flexibility index (Phi) is 5.34. The van der Waals surface area contributed by atoms with Gasteiger partial charge in [0, 0.05) is 11.9 Å². The van der Waals surface area contributed by atoms with E-state index in [0.29, 0.717) is 11.5 Å². The molecule has 3 N–H and O–H groups in total. The van der Waals surface area contributed by atoms with Crippen LogP contribution in [0.25, 0.3) is 0 Å². The van der Waals surface area contributed by atoms with Gasteiger partial charge in [-0.25, -0.2) is 4.98 Å². The normalized spacial score (nSPS) is 10.2. The van der Waals surface area contributed by atoms with Crippen molar-refractivity contribution < 1.29 is 14.6 Å². The fraction of sp³-hybridized carbons (Fsp3) is 0.100. The summed E-state index contributed by atoms with van der Waals surface area (Å²) in [6.07, 6.45) is 1.89. The van der Waals surface area contributed by atoms with Crippen molar-refractivity contribution in [2.75, 3.05) is 17.7 Å². The molecule has 0 aliphatic rings. The van der Waals surface area contributed by atoms with Gasteiger partial charge in [-0.1, -0.05) is 12.1 Å². The van der Waals surface area contributed by atoms with E-state index < -0.39 is 0 Å². The average Bonchev–Trinajstić information content (AvgIpc) is 2.66. The summed E-state index contributed by atoms with van der Waals surface area (Å²) in [5.74, 6) is 1.32. The smallest absolute Gasteiger partial charge is 0.228 e. The highest BCUT2D eigenvalue weighted by atomic mass is 16.5. The first kappa shape index (κ1) is 17.3. The Morgan fingerprint density at radius 1 is 1.08 bits per heavy atom. The number of hydrogen-bond donors (Lipinski definition) is 3. The van der Waals surface area contributed by atoms with Crippen molar-refractivity contribution in [2.45, 2.75) is 6.42 Å². The van der Waals surface area contributed by atoms with Crippen LogP contribution in [0.1, 0.15) is 5.56 Å². The Balaban J connectivity index is 1.68. The molecule has 2 aromatic carbocycles. The fourth-order valence-corrected chi connectivity index (χ4v) is 2.41. The summed E-state index contributed by atoms with van der Waals surface area (Å²) in [4.78, 5) is 16.6. The third-order valence-electron chi connectivity index (χ3n) is 3.74. The van der Waals surface area contributed by atoms with Crippen LogP contribution >= 0.6 is 0 Å². The van der Waals surface area contributed by atoms with Crippen LogP contribution in [-0.4, -0.2) is 23.1 Å². The summed E-state index contributed by atoms with van der Waals surface area (Å²) < 4.78 is 5.12. The molecule has 1 amide bonds. The van der Waals surface area contributed by atoms with E-state index in [1.54, 1.807) is 49.7 Å². The maximum absolute atomic E-state index is 12.4. The molecule has 0 bridgehead atoms. The summed E-state index contributed by atoms with van der Waals surface area (Å²) in [5.41, 5.74) is 2.23. The monoisotopic (exact) mass is 349 g/mol. The van der Waals surface area contributed by atoms with E-state index in [9.17, 15) is 9.90 Å². The lowest BCUT2D eigenvalue weighted by atomic mass is 10.1. The number of ether oxygens (including phenoxy) is 1. The van der Waals surface area contributed by atoms with Crippen molar-refractivity contribution in [3.8, 4) is 11.5 Å². The highest BCUT2D eigenvalue weighted by molar-refractivity contribution is 5.95. The number of amides is 1. The first-order chi connectivity index (χ1) is 12.6. The van der Waals surface area contributed by atoms with Gasteiger partial charge in [-0.15, -0.1) is 0 Å². The minimum absolute atomic E-state index is 0.142. The number of aromatic nitrogens is 1. The number of phenols is 1. The molecule has 3 rings (SSSR count). The quantitative estimate of drug-likeness (QED) is 0.591. The standard InChI is InChI=1S/C20H19N3O3/c1-26-17-10-4-14(5-11-17)13-19(25)23-18-3-2-12-21-20(18)22-15-6-8-16(24)9-7-15/h2-12,24H,13H2,1H3,(H,21,22)(H,23,25). The highest BCUT2D eigenvalue weighted by Crippen LogP contribution is 2.24. The molecule has 26 heavy (non-hydrogen) atoms. The summed E-state index contributed by atoms with van der Waals surface area (Å²) in [7, 11) is 1.60. The van der Waals surface area contributed by atoms with Crippen molar-refractivity contribution in [3.63, 3.8) is 0 Å². The number of methoxy groups -OCH3 is 1. The van der Waals surface area contributed by atoms with Gasteiger partial charge in [-0.05, 0) is 54.1 Å². The first-order valence-corrected chi connectivity index (χ1v) is 8.08. The molecule has 6 nitrogen and oxygen atoms in total. The van der Waals surface area contributed by atoms with Gasteiger partial charge in [0.25, 0.3) is 0 Å². The Morgan fingerprint density at radius 3 is 2.50 bits per heavy atom. The second kappa shape index (κ2) is 8.02. The van der Waals surface area contributed by atoms with Gasteiger partial charge >= 0.3 is 0 Å². The second-order valence-corrected chi connectivity index (χ2v) is 5.64. The van der Waals surface area contributed by atoms with Crippen LogP contribution in [0.15, 0.2) is 66.9 Å². The molecule has 0 unspecified atom stereocenters. The van der Waals surface area contributed by atoms with E-state index in [1.807, 2.05) is 24.3 Å². The molecule has 0 spiro atoms. The minimum Gasteiger partial charge on any atom is -0.508 e. The van der Waals surface area contributed by atoms with Crippen molar-refractivity contribution in [2.24, 2.45) is 0 Å². The van der Waals surface area contributed by atoms with Crippen LogP contribution in [0.5, 0.6) is 11.5 Å². The van der Waals surface area contributed by atoms with E-state index in [1.165, 1.54) is 0 Å². The lowest BCUT2D eigenvalue weighted by Gasteiger charge is -2.12. The predicted octanol–water partition coefficient (Wildman–Crippen LogP) is 3.72. The van der Waals surface area contributed by atoms with E-state index in [2.05, 4.69) is 15.6 Å². The van der Waals surface area contributed by atoms with Crippen LogP contribution in [0.2, 0.25) is 0 Å². The number of carbonyl (C=O) groups excluding carboxylic acids is 1. The number of carbonyl (C=O) groups is 1. The third kappa shape index (κ3) is 4.51. The Labute approximate surface area is 151 Å². The molecular weight excluding hydrogens is 330 g/mol. The Hall–Kier alpha value is -3.54. The molecule has 1 heterocycles. The lowest BCUT2D eigenvalue weighted by Crippen LogP contribution is -2.15. The molecule has 0 saturated heterocycles. The van der Waals surface area contributed by atoms with Crippen LogP contribution in [0, 0.1) is 0 Å². The number of nitrogens with one attached hydrogen (secondary N) is 2. The maximum Gasteiger partial charge on any atom is 0.228 e.